The molecular formula is C24H30N2O5S. The van der Waals surface area contributed by atoms with Crippen LogP contribution in [0.5, 0.6) is 0 Å². The van der Waals surface area contributed by atoms with Crippen molar-refractivity contribution in [3.8, 4) is 0 Å². The number of ether oxygens (including phenoxy) is 1. The Morgan fingerprint density at radius 3 is 2.25 bits per heavy atom. The lowest BCUT2D eigenvalue weighted by molar-refractivity contribution is -0.145. The average Bonchev–Trinajstić information content (AvgIpc) is 2.77. The van der Waals surface area contributed by atoms with E-state index in [0.29, 0.717) is 5.56 Å². The number of carboxylic acids is 1. The molecule has 0 bridgehead atoms. The molecule has 0 fully saturated rings. The molecule has 0 spiro atoms. The number of carboxylic acid groups (broad SMARTS) is 1. The van der Waals surface area contributed by atoms with Crippen LogP contribution in [-0.2, 0) is 20.9 Å². The third kappa shape index (κ3) is 7.69. The van der Waals surface area contributed by atoms with Crippen LogP contribution < -0.4 is 10.2 Å². The van der Waals surface area contributed by atoms with Gasteiger partial charge in [-0.25, -0.2) is 4.79 Å². The zero-order valence-electron chi connectivity index (χ0n) is 18.8. The van der Waals surface area contributed by atoms with E-state index in [1.165, 1.54) is 0 Å². The number of rotatable bonds is 11. The first-order chi connectivity index (χ1) is 15.1. The molecule has 2 aromatic carbocycles. The molecule has 0 heterocycles. The number of amides is 1. The second kappa shape index (κ2) is 11.7. The summed E-state index contributed by atoms with van der Waals surface area (Å²) >= 11 is 1.04. The van der Waals surface area contributed by atoms with E-state index >= 15 is 0 Å². The van der Waals surface area contributed by atoms with Crippen LogP contribution in [0.2, 0.25) is 0 Å². The van der Waals surface area contributed by atoms with Crippen LogP contribution in [0.15, 0.2) is 54.6 Å². The third-order valence-electron chi connectivity index (χ3n) is 4.80. The fourth-order valence-corrected chi connectivity index (χ4v) is 3.61. The smallest absolute Gasteiger partial charge is 0.328 e. The van der Waals surface area contributed by atoms with Gasteiger partial charge in [-0.1, -0.05) is 68.1 Å². The second-order valence-corrected chi connectivity index (χ2v) is 9.21. The largest absolute Gasteiger partial charge is 0.480 e. The van der Waals surface area contributed by atoms with Crippen LogP contribution in [0.1, 0.15) is 29.8 Å². The van der Waals surface area contributed by atoms with Crippen molar-refractivity contribution in [2.45, 2.75) is 26.5 Å². The van der Waals surface area contributed by atoms with Crippen LogP contribution >= 0.6 is 11.8 Å². The summed E-state index contributed by atoms with van der Waals surface area (Å²) in [5.41, 5.74) is 1.58. The summed E-state index contributed by atoms with van der Waals surface area (Å²) in [6, 6.07) is 15.4. The minimum Gasteiger partial charge on any atom is -0.480 e. The van der Waals surface area contributed by atoms with Gasteiger partial charge in [0.25, 0.3) is 0 Å². The minimum absolute atomic E-state index is 0.134. The highest BCUT2D eigenvalue weighted by atomic mass is 32.2. The molecule has 1 atom stereocenters. The quantitative estimate of drug-likeness (QED) is 0.532. The van der Waals surface area contributed by atoms with Crippen molar-refractivity contribution < 1.29 is 24.2 Å². The maximum absolute atomic E-state index is 12.7. The highest BCUT2D eigenvalue weighted by Gasteiger charge is 2.32. The number of nitrogens with zero attached hydrogens (tertiary/aromatic N) is 1. The zero-order valence-corrected chi connectivity index (χ0v) is 19.6. The van der Waals surface area contributed by atoms with Gasteiger partial charge in [-0.3, -0.25) is 9.59 Å². The van der Waals surface area contributed by atoms with Gasteiger partial charge in [0.2, 0.25) is 11.0 Å². The van der Waals surface area contributed by atoms with Crippen LogP contribution in [0.3, 0.4) is 0 Å². The fraction of sp³-hybridized carbons (Fsp3) is 0.375. The van der Waals surface area contributed by atoms with Crippen LogP contribution in [0.25, 0.3) is 0 Å². The summed E-state index contributed by atoms with van der Waals surface area (Å²) in [6.07, 6.45) is 0. The number of aliphatic carboxylic acids is 1. The van der Waals surface area contributed by atoms with Gasteiger partial charge in [0, 0.05) is 31.1 Å². The topological polar surface area (TPSA) is 95.9 Å². The van der Waals surface area contributed by atoms with E-state index in [2.05, 4.69) is 5.32 Å². The molecule has 8 heteroatoms. The Balaban J connectivity index is 1.86. The predicted molar refractivity (Wildman–Crippen MR) is 127 cm³/mol. The van der Waals surface area contributed by atoms with Gasteiger partial charge < -0.3 is 20.1 Å². The van der Waals surface area contributed by atoms with E-state index < -0.39 is 23.3 Å². The normalized spacial score (nSPS) is 12.1. The summed E-state index contributed by atoms with van der Waals surface area (Å²) in [4.78, 5) is 38.6. The molecule has 0 saturated carbocycles. The Labute approximate surface area is 193 Å². The van der Waals surface area contributed by atoms with Crippen molar-refractivity contribution in [3.05, 3.63) is 65.7 Å². The van der Waals surface area contributed by atoms with E-state index in [0.717, 1.165) is 23.0 Å². The van der Waals surface area contributed by atoms with Gasteiger partial charge in [-0.15, -0.1) is 0 Å². The van der Waals surface area contributed by atoms with Crippen LogP contribution in [0.4, 0.5) is 5.69 Å². The molecule has 0 radical (unpaired) electrons. The molecule has 2 N–H and O–H groups in total. The van der Waals surface area contributed by atoms with Crippen LogP contribution in [0, 0.1) is 5.41 Å². The summed E-state index contributed by atoms with van der Waals surface area (Å²) in [6.45, 7) is 3.43. The van der Waals surface area contributed by atoms with Gasteiger partial charge in [0.05, 0.1) is 18.6 Å². The Morgan fingerprint density at radius 1 is 1.06 bits per heavy atom. The molecule has 1 amide bonds. The van der Waals surface area contributed by atoms with Crippen molar-refractivity contribution in [1.82, 2.24) is 5.32 Å². The molecule has 0 aliphatic carbocycles. The van der Waals surface area contributed by atoms with Gasteiger partial charge in [-0.05, 0) is 17.7 Å². The maximum atomic E-state index is 12.7. The first-order valence-electron chi connectivity index (χ1n) is 10.2. The van der Waals surface area contributed by atoms with Gasteiger partial charge in [0.1, 0.15) is 0 Å². The van der Waals surface area contributed by atoms with Crippen molar-refractivity contribution in [1.29, 1.82) is 0 Å². The summed E-state index contributed by atoms with van der Waals surface area (Å²) in [5.74, 6) is -1.40. The molecule has 0 aromatic heterocycles. The summed E-state index contributed by atoms with van der Waals surface area (Å²) in [5, 5.41) is 11.9. The summed E-state index contributed by atoms with van der Waals surface area (Å²) in [7, 11) is 3.90. The molecule has 0 unspecified atom stereocenters. The molecule has 2 rings (SSSR count). The zero-order chi connectivity index (χ0) is 23.7. The third-order valence-corrected chi connectivity index (χ3v) is 6.16. The van der Waals surface area contributed by atoms with Gasteiger partial charge in [-0.2, -0.15) is 0 Å². The van der Waals surface area contributed by atoms with Crippen molar-refractivity contribution in [3.63, 3.8) is 0 Å². The first-order valence-corrected chi connectivity index (χ1v) is 11.2. The molecule has 0 aliphatic heterocycles. The average molecular weight is 459 g/mol. The lowest BCUT2D eigenvalue weighted by atomic mass is 9.95. The fourth-order valence-electron chi connectivity index (χ4n) is 2.68. The Bertz CT molecular complexity index is 914. The SMILES string of the molecule is CN(C)c1ccc(COC[C@H](NC(=O)C(C)(C)CSC(=O)c2ccccc2)C(=O)O)cc1. The van der Waals surface area contributed by atoms with E-state index in [-0.39, 0.29) is 24.1 Å². The van der Waals surface area contributed by atoms with E-state index in [9.17, 15) is 19.5 Å². The van der Waals surface area contributed by atoms with E-state index in [4.69, 9.17) is 4.74 Å². The molecule has 32 heavy (non-hydrogen) atoms. The number of nitrogens with one attached hydrogen (secondary N) is 1. The number of carbonyl (C=O) groups is 3. The minimum atomic E-state index is -1.18. The highest BCUT2D eigenvalue weighted by molar-refractivity contribution is 8.14. The molecule has 7 nitrogen and oxygen atoms in total. The predicted octanol–water partition coefficient (Wildman–Crippen LogP) is 3.44. The summed E-state index contributed by atoms with van der Waals surface area (Å²) < 4.78 is 5.54. The number of hydrogen-bond acceptors (Lipinski definition) is 6. The second-order valence-electron chi connectivity index (χ2n) is 8.27. The maximum Gasteiger partial charge on any atom is 0.328 e. The Hall–Kier alpha value is -2.84. The van der Waals surface area contributed by atoms with Crippen LogP contribution in [-0.4, -0.2) is 54.6 Å². The van der Waals surface area contributed by atoms with E-state index in [1.807, 2.05) is 49.3 Å². The molecular weight excluding hydrogens is 428 g/mol. The van der Waals surface area contributed by atoms with Crippen molar-refractivity contribution in [2.24, 2.45) is 5.41 Å². The molecule has 172 valence electrons. The van der Waals surface area contributed by atoms with Crippen molar-refractivity contribution >= 4 is 34.4 Å². The lowest BCUT2D eigenvalue weighted by Crippen LogP contribution is -2.49. The Morgan fingerprint density at radius 2 is 1.69 bits per heavy atom. The molecule has 0 aliphatic rings. The lowest BCUT2D eigenvalue weighted by Gasteiger charge is -2.25. The number of carbonyl (C=O) groups excluding carboxylic acids is 2. The highest BCUT2D eigenvalue weighted by Crippen LogP contribution is 2.25. The number of benzene rings is 2. The number of hydrogen-bond donors (Lipinski definition) is 2. The first kappa shape index (κ1) is 25.4. The standard InChI is InChI=1S/C24H30N2O5S/c1-24(2,16-32-22(29)18-8-6-5-7-9-18)23(30)25-20(21(27)28)15-31-14-17-10-12-19(13-11-17)26(3)4/h5-13,20H,14-16H2,1-4H3,(H,25,30)(H,27,28)/t20-/m0/s1. The van der Waals surface area contributed by atoms with Gasteiger partial charge >= 0.3 is 5.97 Å². The number of thioether (sulfide) groups is 1. The van der Waals surface area contributed by atoms with Gasteiger partial charge in [0.15, 0.2) is 6.04 Å². The van der Waals surface area contributed by atoms with E-state index in [1.54, 1.807) is 38.1 Å². The molecule has 0 saturated heterocycles. The molecule has 2 aromatic rings. The number of anilines is 1. The van der Waals surface area contributed by atoms with Crippen molar-refractivity contribution in [2.75, 3.05) is 31.4 Å². The monoisotopic (exact) mass is 458 g/mol. The Kier molecular flexibility index (Phi) is 9.28.